The first-order valence-corrected chi connectivity index (χ1v) is 10.3. The molecule has 0 atom stereocenters. The van der Waals surface area contributed by atoms with Crippen LogP contribution in [0, 0.1) is 4.77 Å². The molecule has 0 radical (unpaired) electrons. The molecule has 0 bridgehead atoms. The van der Waals surface area contributed by atoms with E-state index in [0.29, 0.717) is 33.7 Å². The monoisotopic (exact) mass is 450 g/mol. The van der Waals surface area contributed by atoms with Gasteiger partial charge >= 0.3 is 0 Å². The van der Waals surface area contributed by atoms with E-state index in [1.165, 1.54) is 4.68 Å². The maximum Gasteiger partial charge on any atom is 0.216 e. The minimum atomic E-state index is 0.362. The number of H-pyrrole nitrogens is 1. The number of hydrogen-bond acceptors (Lipinski definition) is 5. The van der Waals surface area contributed by atoms with Gasteiger partial charge in [-0.2, -0.15) is 14.9 Å². The van der Waals surface area contributed by atoms with Crippen molar-refractivity contribution in [2.45, 2.75) is 6.61 Å². The highest BCUT2D eigenvalue weighted by atomic mass is 35.5. The molecule has 8 heteroatoms. The maximum absolute atomic E-state index is 6.30. The van der Waals surface area contributed by atoms with Crippen molar-refractivity contribution in [3.05, 3.63) is 93.7 Å². The molecule has 3 aromatic carbocycles. The number of nitrogens with one attached hydrogen (secondary N) is 1. The molecule has 0 spiro atoms. The van der Waals surface area contributed by atoms with Crippen molar-refractivity contribution in [2.24, 2.45) is 5.10 Å². The van der Waals surface area contributed by atoms with Gasteiger partial charge in [0.15, 0.2) is 17.3 Å². The Balaban J connectivity index is 1.57. The first-order chi connectivity index (χ1) is 15.2. The highest BCUT2D eigenvalue weighted by Crippen LogP contribution is 2.29. The lowest BCUT2D eigenvalue weighted by Crippen LogP contribution is -1.99. The van der Waals surface area contributed by atoms with Gasteiger partial charge in [-0.3, -0.25) is 0 Å². The van der Waals surface area contributed by atoms with Crippen LogP contribution in [0.1, 0.15) is 11.1 Å². The molecule has 0 aliphatic rings. The Morgan fingerprint density at radius 1 is 1.06 bits per heavy atom. The number of methoxy groups -OCH3 is 1. The molecule has 0 amide bonds. The molecule has 0 unspecified atom stereocenters. The Hall–Kier alpha value is -3.42. The number of halogens is 1. The quantitative estimate of drug-likeness (QED) is 0.288. The van der Waals surface area contributed by atoms with Gasteiger partial charge < -0.3 is 9.47 Å². The Kier molecular flexibility index (Phi) is 6.45. The van der Waals surface area contributed by atoms with E-state index >= 15 is 0 Å². The largest absolute Gasteiger partial charge is 0.493 e. The molecular formula is C23H19ClN4O2S. The molecule has 0 saturated carbocycles. The fourth-order valence-electron chi connectivity index (χ4n) is 2.96. The van der Waals surface area contributed by atoms with E-state index in [-0.39, 0.29) is 0 Å². The minimum absolute atomic E-state index is 0.362. The summed E-state index contributed by atoms with van der Waals surface area (Å²) in [6.45, 7) is 0.454. The number of rotatable bonds is 7. The van der Waals surface area contributed by atoms with E-state index < -0.39 is 0 Å². The van der Waals surface area contributed by atoms with Crippen LogP contribution in [0.5, 0.6) is 11.5 Å². The van der Waals surface area contributed by atoms with E-state index in [4.69, 9.17) is 33.3 Å². The Morgan fingerprint density at radius 3 is 2.61 bits per heavy atom. The van der Waals surface area contributed by atoms with Crippen molar-refractivity contribution in [3.8, 4) is 22.9 Å². The molecule has 156 valence electrons. The zero-order valence-electron chi connectivity index (χ0n) is 16.7. The summed E-state index contributed by atoms with van der Waals surface area (Å²) in [5, 5.41) is 12.1. The number of nitrogens with zero attached hydrogens (tertiary/aromatic N) is 3. The van der Waals surface area contributed by atoms with Gasteiger partial charge in [-0.25, -0.2) is 5.10 Å². The second-order valence-electron chi connectivity index (χ2n) is 6.57. The number of aromatic amines is 1. The fraction of sp³-hybridized carbons (Fsp3) is 0.0870. The van der Waals surface area contributed by atoms with Gasteiger partial charge in [0.25, 0.3) is 0 Å². The molecule has 1 N–H and O–H groups in total. The molecule has 1 aromatic heterocycles. The van der Waals surface area contributed by atoms with Crippen LogP contribution in [-0.4, -0.2) is 28.2 Å². The lowest BCUT2D eigenvalue weighted by Gasteiger charge is -2.11. The molecule has 6 nitrogen and oxygen atoms in total. The summed E-state index contributed by atoms with van der Waals surface area (Å²) in [5.41, 5.74) is 2.63. The molecule has 0 aliphatic carbocycles. The minimum Gasteiger partial charge on any atom is -0.493 e. The van der Waals surface area contributed by atoms with Crippen molar-refractivity contribution in [2.75, 3.05) is 7.11 Å². The van der Waals surface area contributed by atoms with Crippen molar-refractivity contribution in [1.29, 1.82) is 0 Å². The molecule has 0 aliphatic heterocycles. The highest BCUT2D eigenvalue weighted by molar-refractivity contribution is 7.71. The van der Waals surface area contributed by atoms with E-state index in [1.54, 1.807) is 19.4 Å². The molecular weight excluding hydrogens is 432 g/mol. The van der Waals surface area contributed by atoms with Crippen LogP contribution in [0.4, 0.5) is 0 Å². The lowest BCUT2D eigenvalue weighted by atomic mass is 10.2. The van der Waals surface area contributed by atoms with Gasteiger partial charge in [0.2, 0.25) is 4.77 Å². The van der Waals surface area contributed by atoms with Gasteiger partial charge in [0.05, 0.1) is 18.3 Å². The predicted molar refractivity (Wildman–Crippen MR) is 125 cm³/mol. The molecule has 4 aromatic rings. The zero-order valence-corrected chi connectivity index (χ0v) is 18.2. The topological polar surface area (TPSA) is 64.4 Å². The van der Waals surface area contributed by atoms with Crippen LogP contribution >= 0.6 is 23.8 Å². The molecule has 4 rings (SSSR count). The first-order valence-electron chi connectivity index (χ1n) is 9.47. The predicted octanol–water partition coefficient (Wildman–Crippen LogP) is 5.73. The summed E-state index contributed by atoms with van der Waals surface area (Å²) in [7, 11) is 1.60. The molecule has 31 heavy (non-hydrogen) atoms. The van der Waals surface area contributed by atoms with Crippen molar-refractivity contribution in [3.63, 3.8) is 0 Å². The third kappa shape index (κ3) is 4.84. The van der Waals surface area contributed by atoms with Gasteiger partial charge in [-0.15, -0.1) is 0 Å². The summed E-state index contributed by atoms with van der Waals surface area (Å²) in [6, 6.07) is 22.9. The van der Waals surface area contributed by atoms with Gasteiger partial charge in [0, 0.05) is 5.56 Å². The fourth-order valence-corrected chi connectivity index (χ4v) is 3.36. The van der Waals surface area contributed by atoms with Crippen molar-refractivity contribution in [1.82, 2.24) is 14.9 Å². The summed E-state index contributed by atoms with van der Waals surface area (Å²) >= 11 is 11.6. The Morgan fingerprint density at radius 2 is 1.84 bits per heavy atom. The Labute approximate surface area is 189 Å². The van der Waals surface area contributed by atoms with E-state index in [1.807, 2.05) is 66.7 Å². The third-order valence-corrected chi connectivity index (χ3v) is 5.11. The summed E-state index contributed by atoms with van der Waals surface area (Å²) < 4.78 is 13.3. The van der Waals surface area contributed by atoms with E-state index in [2.05, 4.69) is 15.3 Å². The lowest BCUT2D eigenvalue weighted by molar-refractivity contribution is 0.284. The zero-order chi connectivity index (χ0) is 21.6. The third-order valence-electron chi connectivity index (χ3n) is 4.51. The normalized spacial score (nSPS) is 11.0. The SMILES string of the molecule is COc1cc(/C=N\n2c(-c3ccccc3Cl)n[nH]c2=S)ccc1OCc1ccccc1. The number of ether oxygens (including phenoxy) is 2. The average Bonchev–Trinajstić information content (AvgIpc) is 3.17. The average molecular weight is 451 g/mol. The molecule has 0 saturated heterocycles. The number of aromatic nitrogens is 3. The van der Waals surface area contributed by atoms with Crippen LogP contribution in [0.2, 0.25) is 5.02 Å². The van der Waals surface area contributed by atoms with Crippen LogP contribution in [-0.2, 0) is 6.61 Å². The second kappa shape index (κ2) is 9.59. The maximum atomic E-state index is 6.30. The van der Waals surface area contributed by atoms with Crippen LogP contribution < -0.4 is 9.47 Å². The smallest absolute Gasteiger partial charge is 0.216 e. The van der Waals surface area contributed by atoms with E-state index in [0.717, 1.165) is 16.7 Å². The number of benzene rings is 3. The van der Waals surface area contributed by atoms with Crippen molar-refractivity contribution < 1.29 is 9.47 Å². The molecule has 1 heterocycles. The van der Waals surface area contributed by atoms with E-state index in [9.17, 15) is 0 Å². The Bertz CT molecular complexity index is 1270. The van der Waals surface area contributed by atoms with Crippen LogP contribution in [0.25, 0.3) is 11.4 Å². The first kappa shape index (κ1) is 20.8. The summed E-state index contributed by atoms with van der Waals surface area (Å²) in [4.78, 5) is 0. The number of hydrogen-bond donors (Lipinski definition) is 1. The van der Waals surface area contributed by atoms with Gasteiger partial charge in [0.1, 0.15) is 6.61 Å². The summed E-state index contributed by atoms with van der Waals surface area (Å²) in [5.74, 6) is 1.80. The second-order valence-corrected chi connectivity index (χ2v) is 7.37. The van der Waals surface area contributed by atoms with Crippen LogP contribution in [0.3, 0.4) is 0 Å². The van der Waals surface area contributed by atoms with Crippen molar-refractivity contribution >= 4 is 30.0 Å². The van der Waals surface area contributed by atoms with Gasteiger partial charge in [-0.05, 0) is 53.7 Å². The van der Waals surface area contributed by atoms with Gasteiger partial charge in [-0.1, -0.05) is 54.1 Å². The molecule has 0 fully saturated rings. The summed E-state index contributed by atoms with van der Waals surface area (Å²) in [6.07, 6.45) is 1.68. The highest BCUT2D eigenvalue weighted by Gasteiger charge is 2.11. The van der Waals surface area contributed by atoms with Crippen LogP contribution in [0.15, 0.2) is 77.9 Å². The standard InChI is InChI=1S/C23H19ClN4O2S/c1-29-21-13-17(11-12-20(21)30-15-16-7-3-2-4-8-16)14-25-28-22(26-27-23(28)31)18-9-5-6-10-19(18)24/h2-14H,15H2,1H3,(H,27,31)/b25-14-.